The number of halogens is 2. The quantitative estimate of drug-likeness (QED) is 0.239. The molecule has 3 heterocycles. The fourth-order valence-electron chi connectivity index (χ4n) is 4.36. The monoisotopic (exact) mass is 542 g/mol. The van der Waals surface area contributed by atoms with Gasteiger partial charge in [-0.3, -0.25) is 14.8 Å². The molecule has 0 radical (unpaired) electrons. The largest absolute Gasteiger partial charge is 0.506 e. The SMILES string of the molecule is CCc1nc(C)c(-c2ccc(F)cc2)c(O)c1C(=O)Nc1ccc(Oc2ccnc3cc(OC)cnc23)c(F)c1. The maximum Gasteiger partial charge on any atom is 0.261 e. The van der Waals surface area contributed by atoms with Crippen LogP contribution in [0, 0.1) is 18.6 Å². The van der Waals surface area contributed by atoms with Crippen molar-refractivity contribution < 1.29 is 28.2 Å². The first-order valence-electron chi connectivity index (χ1n) is 12.3. The number of aromatic nitrogens is 3. The van der Waals surface area contributed by atoms with Crippen molar-refractivity contribution in [3.05, 3.63) is 95.6 Å². The zero-order valence-corrected chi connectivity index (χ0v) is 21.8. The molecule has 0 unspecified atom stereocenters. The highest BCUT2D eigenvalue weighted by molar-refractivity contribution is 6.08. The standard InChI is InChI=1S/C30H24F2N4O4/c1-4-22-27(29(37)26(16(2)35-22)17-5-7-18(31)8-6-17)30(38)36-19-9-10-24(21(32)13-19)40-25-11-12-33-23-14-20(39-3)15-34-28(23)25/h5-15H,4H2,1-3H3,(H,35,37)(H,36,38). The third-order valence-electron chi connectivity index (χ3n) is 6.28. The summed E-state index contributed by atoms with van der Waals surface area (Å²) in [7, 11) is 1.52. The predicted molar refractivity (Wildman–Crippen MR) is 146 cm³/mol. The van der Waals surface area contributed by atoms with Crippen LogP contribution in [0.5, 0.6) is 23.0 Å². The molecule has 2 aromatic carbocycles. The lowest BCUT2D eigenvalue weighted by Gasteiger charge is -2.16. The molecule has 1 amide bonds. The number of ether oxygens (including phenoxy) is 2. The number of aromatic hydroxyl groups is 1. The Bertz CT molecular complexity index is 1740. The number of fused-ring (bicyclic) bond motifs is 1. The molecule has 0 aliphatic rings. The van der Waals surface area contributed by atoms with Gasteiger partial charge in [0.25, 0.3) is 5.91 Å². The van der Waals surface area contributed by atoms with Crippen molar-refractivity contribution in [2.45, 2.75) is 20.3 Å². The molecule has 0 bridgehead atoms. The summed E-state index contributed by atoms with van der Waals surface area (Å²) in [5.74, 6) is -1.39. The smallest absolute Gasteiger partial charge is 0.261 e. The van der Waals surface area contributed by atoms with E-state index in [0.29, 0.717) is 51.5 Å². The lowest BCUT2D eigenvalue weighted by Crippen LogP contribution is -2.16. The molecule has 202 valence electrons. The highest BCUT2D eigenvalue weighted by Gasteiger charge is 2.24. The second-order valence-electron chi connectivity index (χ2n) is 8.86. The van der Waals surface area contributed by atoms with Crippen LogP contribution >= 0.6 is 0 Å². The lowest BCUT2D eigenvalue weighted by molar-refractivity contribution is 0.102. The van der Waals surface area contributed by atoms with Gasteiger partial charge in [-0.2, -0.15) is 0 Å². The summed E-state index contributed by atoms with van der Waals surface area (Å²) in [5.41, 5.74) is 2.71. The number of nitrogens with zero attached hydrogens (tertiary/aromatic N) is 3. The first kappa shape index (κ1) is 26.5. The Hall–Kier alpha value is -5.12. The summed E-state index contributed by atoms with van der Waals surface area (Å²) in [6, 6.07) is 12.7. The fourth-order valence-corrected chi connectivity index (χ4v) is 4.36. The summed E-state index contributed by atoms with van der Waals surface area (Å²) < 4.78 is 39.5. The van der Waals surface area contributed by atoms with E-state index in [1.807, 2.05) is 0 Å². The van der Waals surface area contributed by atoms with Crippen LogP contribution < -0.4 is 14.8 Å². The molecule has 0 aliphatic heterocycles. The molecule has 2 N–H and O–H groups in total. The molecule has 0 fully saturated rings. The molecular formula is C30H24F2N4O4. The molecular weight excluding hydrogens is 518 g/mol. The molecule has 10 heteroatoms. The number of rotatable bonds is 7. The lowest BCUT2D eigenvalue weighted by atomic mass is 9.97. The average molecular weight is 543 g/mol. The zero-order chi connectivity index (χ0) is 28.4. The first-order valence-corrected chi connectivity index (χ1v) is 12.3. The van der Waals surface area contributed by atoms with E-state index in [9.17, 15) is 14.3 Å². The minimum Gasteiger partial charge on any atom is -0.506 e. The molecule has 0 spiro atoms. The molecule has 0 saturated heterocycles. The minimum absolute atomic E-state index is 0.0436. The van der Waals surface area contributed by atoms with Crippen molar-refractivity contribution in [1.82, 2.24) is 15.0 Å². The van der Waals surface area contributed by atoms with Crippen LogP contribution in [0.2, 0.25) is 0 Å². The molecule has 40 heavy (non-hydrogen) atoms. The Kier molecular flexibility index (Phi) is 7.24. The fraction of sp³-hybridized carbons (Fsp3) is 0.133. The van der Waals surface area contributed by atoms with Gasteiger partial charge in [-0.15, -0.1) is 0 Å². The molecule has 0 saturated carbocycles. The van der Waals surface area contributed by atoms with Crippen LogP contribution in [0.15, 0.2) is 67.0 Å². The normalized spacial score (nSPS) is 10.9. The number of hydrogen-bond acceptors (Lipinski definition) is 7. The second kappa shape index (κ2) is 10.9. The van der Waals surface area contributed by atoms with Crippen molar-refractivity contribution in [1.29, 1.82) is 0 Å². The Labute approximate surface area is 228 Å². The van der Waals surface area contributed by atoms with Crippen molar-refractivity contribution in [2.75, 3.05) is 12.4 Å². The van der Waals surface area contributed by atoms with E-state index in [1.54, 1.807) is 26.0 Å². The van der Waals surface area contributed by atoms with E-state index in [-0.39, 0.29) is 22.7 Å². The van der Waals surface area contributed by atoms with Crippen LogP contribution in [0.1, 0.15) is 28.7 Å². The Morgan fingerprint density at radius 3 is 2.50 bits per heavy atom. The summed E-state index contributed by atoms with van der Waals surface area (Å²) in [4.78, 5) is 26.3. The Morgan fingerprint density at radius 2 is 1.80 bits per heavy atom. The van der Waals surface area contributed by atoms with Crippen LogP contribution in [-0.4, -0.2) is 33.1 Å². The summed E-state index contributed by atoms with van der Waals surface area (Å²) in [6.45, 7) is 3.50. The molecule has 0 atom stereocenters. The van der Waals surface area contributed by atoms with Gasteiger partial charge in [0.15, 0.2) is 17.3 Å². The zero-order valence-electron chi connectivity index (χ0n) is 21.8. The Morgan fingerprint density at radius 1 is 1.02 bits per heavy atom. The second-order valence-corrected chi connectivity index (χ2v) is 8.86. The number of pyridine rings is 3. The number of nitrogens with one attached hydrogen (secondary N) is 1. The number of aryl methyl sites for hydroxylation is 2. The number of carbonyl (C=O) groups excluding carboxylic acids is 1. The van der Waals surface area contributed by atoms with Crippen molar-refractivity contribution in [2.24, 2.45) is 0 Å². The van der Waals surface area contributed by atoms with Crippen LogP contribution in [0.4, 0.5) is 14.5 Å². The van der Waals surface area contributed by atoms with E-state index < -0.39 is 17.5 Å². The maximum absolute atomic E-state index is 15.1. The van der Waals surface area contributed by atoms with Gasteiger partial charge in [0, 0.05) is 41.3 Å². The van der Waals surface area contributed by atoms with Gasteiger partial charge < -0.3 is 19.9 Å². The van der Waals surface area contributed by atoms with E-state index in [4.69, 9.17) is 9.47 Å². The van der Waals surface area contributed by atoms with Gasteiger partial charge in [-0.1, -0.05) is 19.1 Å². The van der Waals surface area contributed by atoms with Crippen molar-refractivity contribution in [3.63, 3.8) is 0 Å². The van der Waals surface area contributed by atoms with Gasteiger partial charge in [-0.05, 0) is 43.2 Å². The van der Waals surface area contributed by atoms with E-state index in [1.165, 1.54) is 55.9 Å². The van der Waals surface area contributed by atoms with Gasteiger partial charge in [0.05, 0.1) is 24.5 Å². The van der Waals surface area contributed by atoms with E-state index >= 15 is 4.39 Å². The van der Waals surface area contributed by atoms with Crippen molar-refractivity contribution >= 4 is 22.6 Å². The van der Waals surface area contributed by atoms with E-state index in [2.05, 4.69) is 20.3 Å². The van der Waals surface area contributed by atoms with Gasteiger partial charge in [0.1, 0.15) is 28.4 Å². The van der Waals surface area contributed by atoms with Crippen molar-refractivity contribution in [3.8, 4) is 34.1 Å². The molecule has 0 aliphatic carbocycles. The summed E-state index contributed by atoms with van der Waals surface area (Å²) in [6.07, 6.45) is 3.38. The Balaban J connectivity index is 1.42. The number of amides is 1. The molecule has 8 nitrogen and oxygen atoms in total. The van der Waals surface area contributed by atoms with Crippen LogP contribution in [0.3, 0.4) is 0 Å². The highest BCUT2D eigenvalue weighted by Crippen LogP contribution is 2.37. The number of hydrogen-bond donors (Lipinski definition) is 2. The summed E-state index contributed by atoms with van der Waals surface area (Å²) >= 11 is 0. The maximum atomic E-state index is 15.1. The van der Waals surface area contributed by atoms with Crippen LogP contribution in [-0.2, 0) is 6.42 Å². The molecule has 5 aromatic rings. The van der Waals surface area contributed by atoms with Crippen LogP contribution in [0.25, 0.3) is 22.2 Å². The average Bonchev–Trinajstić information content (AvgIpc) is 2.94. The first-order chi connectivity index (χ1) is 19.3. The topological polar surface area (TPSA) is 106 Å². The highest BCUT2D eigenvalue weighted by atomic mass is 19.1. The molecule has 3 aromatic heterocycles. The number of methoxy groups -OCH3 is 1. The third kappa shape index (κ3) is 5.11. The predicted octanol–water partition coefficient (Wildman–Crippen LogP) is 6.60. The number of carbonyl (C=O) groups is 1. The van der Waals surface area contributed by atoms with Gasteiger partial charge in [0.2, 0.25) is 0 Å². The minimum atomic E-state index is -0.731. The van der Waals surface area contributed by atoms with E-state index in [0.717, 1.165) is 6.07 Å². The number of anilines is 1. The number of benzene rings is 2. The summed E-state index contributed by atoms with van der Waals surface area (Å²) in [5, 5.41) is 13.8. The third-order valence-corrected chi connectivity index (χ3v) is 6.28. The molecule has 5 rings (SSSR count). The van der Waals surface area contributed by atoms with Gasteiger partial charge >= 0.3 is 0 Å². The van der Waals surface area contributed by atoms with Gasteiger partial charge in [-0.25, -0.2) is 13.8 Å².